The van der Waals surface area contributed by atoms with Gasteiger partial charge in [-0.2, -0.15) is 0 Å². The van der Waals surface area contributed by atoms with Crippen molar-refractivity contribution in [2.45, 2.75) is 46.1 Å². The van der Waals surface area contributed by atoms with E-state index in [1.54, 1.807) is 6.08 Å². The standard InChI is InChI=1S/C15H22O2/c1-9(2)12-5-6-15(8-12)10(3)7-13(16)14(17)11(15)4/h7,11-12,14,17H,1,5-6,8H2,2-4H3/t11-,12?,14+,15-/m1/s1. The molecule has 1 unspecified atom stereocenters. The van der Waals surface area contributed by atoms with Crippen molar-refractivity contribution in [3.05, 3.63) is 23.8 Å². The fourth-order valence-corrected chi connectivity index (χ4v) is 3.62. The van der Waals surface area contributed by atoms with Gasteiger partial charge in [-0.05, 0) is 56.4 Å². The molecule has 0 aromatic heterocycles. The van der Waals surface area contributed by atoms with Crippen molar-refractivity contribution in [2.24, 2.45) is 17.3 Å². The third-order valence-corrected chi connectivity index (χ3v) is 5.03. The predicted molar refractivity (Wildman–Crippen MR) is 68.5 cm³/mol. The fraction of sp³-hybridized carbons (Fsp3) is 0.667. The minimum atomic E-state index is -0.817. The van der Waals surface area contributed by atoms with Gasteiger partial charge in [-0.3, -0.25) is 4.79 Å². The summed E-state index contributed by atoms with van der Waals surface area (Å²) in [5, 5.41) is 10.00. The number of carbonyl (C=O) groups is 1. The van der Waals surface area contributed by atoms with Crippen LogP contribution in [0.2, 0.25) is 0 Å². The molecule has 1 N–H and O–H groups in total. The SMILES string of the molecule is C=C(C)C1CC[C@@]2(C1)C(C)=CC(=O)[C@@H](O)[C@H]2C. The third kappa shape index (κ3) is 1.79. The summed E-state index contributed by atoms with van der Waals surface area (Å²) in [6, 6.07) is 0. The van der Waals surface area contributed by atoms with Crippen LogP contribution in [0.3, 0.4) is 0 Å². The minimum absolute atomic E-state index is 0.0247. The summed E-state index contributed by atoms with van der Waals surface area (Å²) in [6.45, 7) is 10.2. The van der Waals surface area contributed by atoms with E-state index >= 15 is 0 Å². The van der Waals surface area contributed by atoms with Crippen LogP contribution in [0.1, 0.15) is 40.0 Å². The van der Waals surface area contributed by atoms with Gasteiger partial charge in [0.1, 0.15) is 6.10 Å². The van der Waals surface area contributed by atoms with Crippen LogP contribution >= 0.6 is 0 Å². The topological polar surface area (TPSA) is 37.3 Å². The highest BCUT2D eigenvalue weighted by molar-refractivity contribution is 5.95. The smallest absolute Gasteiger partial charge is 0.184 e. The van der Waals surface area contributed by atoms with Crippen LogP contribution in [-0.4, -0.2) is 17.0 Å². The highest BCUT2D eigenvalue weighted by Crippen LogP contribution is 2.55. The van der Waals surface area contributed by atoms with Crippen molar-refractivity contribution in [2.75, 3.05) is 0 Å². The lowest BCUT2D eigenvalue weighted by Gasteiger charge is -2.42. The average molecular weight is 234 g/mol. The van der Waals surface area contributed by atoms with E-state index in [9.17, 15) is 9.90 Å². The first-order valence-corrected chi connectivity index (χ1v) is 6.44. The minimum Gasteiger partial charge on any atom is -0.385 e. The fourth-order valence-electron chi connectivity index (χ4n) is 3.62. The molecule has 2 aliphatic rings. The maximum absolute atomic E-state index is 11.6. The second-order valence-electron chi connectivity index (χ2n) is 5.91. The molecule has 0 radical (unpaired) electrons. The number of aliphatic hydroxyl groups is 1. The van der Waals surface area contributed by atoms with Gasteiger partial charge in [0.05, 0.1) is 0 Å². The first kappa shape index (κ1) is 12.6. The third-order valence-electron chi connectivity index (χ3n) is 5.03. The number of hydrogen-bond acceptors (Lipinski definition) is 2. The van der Waals surface area contributed by atoms with Crippen molar-refractivity contribution >= 4 is 5.78 Å². The first-order valence-electron chi connectivity index (χ1n) is 6.44. The number of allylic oxidation sites excluding steroid dienone is 2. The molecule has 2 rings (SSSR count). The Hall–Kier alpha value is -0.890. The van der Waals surface area contributed by atoms with Gasteiger partial charge in [0.15, 0.2) is 5.78 Å². The summed E-state index contributed by atoms with van der Waals surface area (Å²) >= 11 is 0. The molecule has 0 heterocycles. The zero-order chi connectivity index (χ0) is 12.8. The van der Waals surface area contributed by atoms with E-state index in [4.69, 9.17) is 0 Å². The van der Waals surface area contributed by atoms with Crippen LogP contribution < -0.4 is 0 Å². The zero-order valence-electron chi connectivity index (χ0n) is 11.0. The van der Waals surface area contributed by atoms with Crippen LogP contribution in [0.4, 0.5) is 0 Å². The van der Waals surface area contributed by atoms with Gasteiger partial charge in [-0.1, -0.05) is 24.6 Å². The highest BCUT2D eigenvalue weighted by atomic mass is 16.3. The molecule has 0 saturated heterocycles. The molecule has 17 heavy (non-hydrogen) atoms. The molecule has 2 aliphatic carbocycles. The molecule has 1 spiro atoms. The maximum atomic E-state index is 11.6. The molecule has 0 aromatic carbocycles. The van der Waals surface area contributed by atoms with E-state index in [-0.39, 0.29) is 17.1 Å². The Morgan fingerprint density at radius 2 is 2.24 bits per heavy atom. The maximum Gasteiger partial charge on any atom is 0.184 e. The Balaban J connectivity index is 2.34. The second-order valence-corrected chi connectivity index (χ2v) is 5.91. The Labute approximate surface area is 103 Å². The molecule has 4 atom stereocenters. The number of ketones is 1. The summed E-state index contributed by atoms with van der Waals surface area (Å²) < 4.78 is 0. The Bertz CT molecular complexity index is 394. The number of aliphatic hydroxyl groups excluding tert-OH is 1. The molecule has 0 aromatic rings. The van der Waals surface area contributed by atoms with Crippen LogP contribution in [-0.2, 0) is 4.79 Å². The zero-order valence-corrected chi connectivity index (χ0v) is 11.0. The van der Waals surface area contributed by atoms with Gasteiger partial charge < -0.3 is 5.11 Å². The van der Waals surface area contributed by atoms with E-state index in [2.05, 4.69) is 13.5 Å². The van der Waals surface area contributed by atoms with Crippen LogP contribution in [0.15, 0.2) is 23.8 Å². The van der Waals surface area contributed by atoms with Gasteiger partial charge in [-0.25, -0.2) is 0 Å². The van der Waals surface area contributed by atoms with Gasteiger partial charge in [-0.15, -0.1) is 0 Å². The first-order chi connectivity index (χ1) is 7.88. The Kier molecular flexibility index (Phi) is 3.03. The Morgan fingerprint density at radius 1 is 1.59 bits per heavy atom. The predicted octanol–water partition coefficient (Wildman–Crippen LogP) is 2.88. The van der Waals surface area contributed by atoms with Gasteiger partial charge in [0.2, 0.25) is 0 Å². The van der Waals surface area contributed by atoms with E-state index in [0.717, 1.165) is 24.8 Å². The molecule has 2 heteroatoms. The van der Waals surface area contributed by atoms with Crippen molar-refractivity contribution < 1.29 is 9.90 Å². The molecule has 0 aliphatic heterocycles. The molecule has 0 amide bonds. The number of hydrogen-bond donors (Lipinski definition) is 1. The quantitative estimate of drug-likeness (QED) is 0.708. The summed E-state index contributed by atoms with van der Waals surface area (Å²) in [4.78, 5) is 11.6. The van der Waals surface area contributed by atoms with E-state index < -0.39 is 6.10 Å². The summed E-state index contributed by atoms with van der Waals surface area (Å²) in [7, 11) is 0. The molecule has 1 fully saturated rings. The largest absolute Gasteiger partial charge is 0.385 e. The van der Waals surface area contributed by atoms with Crippen LogP contribution in [0.5, 0.6) is 0 Å². The molecular weight excluding hydrogens is 212 g/mol. The molecule has 2 nitrogen and oxygen atoms in total. The molecule has 1 saturated carbocycles. The molecule has 0 bridgehead atoms. The summed E-state index contributed by atoms with van der Waals surface area (Å²) in [6.07, 6.45) is 4.08. The second kappa shape index (κ2) is 4.09. The van der Waals surface area contributed by atoms with Gasteiger partial charge in [0.25, 0.3) is 0 Å². The summed E-state index contributed by atoms with van der Waals surface area (Å²) in [5.74, 6) is 0.449. The van der Waals surface area contributed by atoms with Crippen molar-refractivity contribution in [1.29, 1.82) is 0 Å². The van der Waals surface area contributed by atoms with Gasteiger partial charge >= 0.3 is 0 Å². The van der Waals surface area contributed by atoms with Crippen molar-refractivity contribution in [1.82, 2.24) is 0 Å². The van der Waals surface area contributed by atoms with E-state index in [1.165, 1.54) is 5.57 Å². The monoisotopic (exact) mass is 234 g/mol. The van der Waals surface area contributed by atoms with Crippen molar-refractivity contribution in [3.8, 4) is 0 Å². The van der Waals surface area contributed by atoms with Gasteiger partial charge in [0, 0.05) is 0 Å². The van der Waals surface area contributed by atoms with Crippen molar-refractivity contribution in [3.63, 3.8) is 0 Å². The normalized spacial score (nSPS) is 41.8. The Morgan fingerprint density at radius 3 is 2.76 bits per heavy atom. The van der Waals surface area contributed by atoms with Crippen LogP contribution in [0, 0.1) is 17.3 Å². The summed E-state index contributed by atoms with van der Waals surface area (Å²) in [5.41, 5.74) is 2.41. The number of carbonyl (C=O) groups excluding carboxylic acids is 1. The lowest BCUT2D eigenvalue weighted by molar-refractivity contribution is -0.128. The highest BCUT2D eigenvalue weighted by Gasteiger charge is 2.50. The lowest BCUT2D eigenvalue weighted by Crippen LogP contribution is -2.43. The number of rotatable bonds is 1. The van der Waals surface area contributed by atoms with Crippen LogP contribution in [0.25, 0.3) is 0 Å². The molecular formula is C15H22O2. The van der Waals surface area contributed by atoms with E-state index in [0.29, 0.717) is 5.92 Å². The molecule has 94 valence electrons. The average Bonchev–Trinajstić information content (AvgIpc) is 2.71. The lowest BCUT2D eigenvalue weighted by atomic mass is 9.63. The van der Waals surface area contributed by atoms with E-state index in [1.807, 2.05) is 13.8 Å².